The highest BCUT2D eigenvalue weighted by molar-refractivity contribution is 9.10. The van der Waals surface area contributed by atoms with E-state index >= 15 is 0 Å². The third-order valence-electron chi connectivity index (χ3n) is 1.62. The van der Waals surface area contributed by atoms with Crippen LogP contribution >= 0.6 is 15.9 Å². The molecule has 0 aromatic carbocycles. The first-order valence-corrected chi connectivity index (χ1v) is 4.49. The van der Waals surface area contributed by atoms with E-state index in [1.807, 2.05) is 0 Å². The van der Waals surface area contributed by atoms with Gasteiger partial charge in [-0.05, 0) is 25.8 Å². The third-order valence-corrected chi connectivity index (χ3v) is 2.33. The number of hydrogen-bond acceptors (Lipinski definition) is 4. The normalized spacial score (nSPS) is 10.7. The Morgan fingerprint density at radius 2 is 2.27 bits per heavy atom. The van der Waals surface area contributed by atoms with Crippen LogP contribution in [0.4, 0.5) is 14.6 Å². The average Bonchev–Trinajstić information content (AvgIpc) is 2.16. The zero-order valence-corrected chi connectivity index (χ0v) is 8.74. The number of halogens is 3. The van der Waals surface area contributed by atoms with E-state index < -0.39 is 29.5 Å². The summed E-state index contributed by atoms with van der Waals surface area (Å²) in [5.41, 5.74) is -0.824. The minimum Gasteiger partial charge on any atom is -0.391 e. The van der Waals surface area contributed by atoms with E-state index in [1.165, 1.54) is 0 Å². The zero-order chi connectivity index (χ0) is 11.6. The van der Waals surface area contributed by atoms with Crippen molar-refractivity contribution in [3.05, 3.63) is 31.9 Å². The van der Waals surface area contributed by atoms with Crippen molar-refractivity contribution in [3.8, 4) is 0 Å². The van der Waals surface area contributed by atoms with E-state index in [1.54, 1.807) is 0 Å². The Kier molecular flexibility index (Phi) is 3.64. The smallest absolute Gasteiger partial charge is 0.370 e. The Balaban J connectivity index is 3.38. The van der Waals surface area contributed by atoms with E-state index in [4.69, 9.17) is 5.11 Å². The van der Waals surface area contributed by atoms with Gasteiger partial charge in [-0.1, -0.05) is 0 Å². The van der Waals surface area contributed by atoms with Gasteiger partial charge in [0.05, 0.1) is 12.2 Å². The highest BCUT2D eigenvalue weighted by Crippen LogP contribution is 2.29. The van der Waals surface area contributed by atoms with E-state index in [-0.39, 0.29) is 10.0 Å². The molecule has 1 aromatic rings. The summed E-state index contributed by atoms with van der Waals surface area (Å²) in [5.74, 6) is -0.762. The molecule has 0 fully saturated rings. The van der Waals surface area contributed by atoms with Crippen molar-refractivity contribution in [2.45, 2.75) is 13.0 Å². The Bertz CT molecular complexity index is 400. The predicted octanol–water partition coefficient (Wildman–Crippen LogP) is 2.18. The zero-order valence-electron chi connectivity index (χ0n) is 7.15. The number of alkyl halides is 2. The standard InChI is InChI=1S/C7H5BrF2N2O3/c8-4-1-5(6(9)10)11-7(12(14)15)3(4)2-13/h1,6,13H,2H2. The van der Waals surface area contributed by atoms with Gasteiger partial charge in [0.15, 0.2) is 0 Å². The van der Waals surface area contributed by atoms with E-state index in [9.17, 15) is 18.9 Å². The van der Waals surface area contributed by atoms with Crippen LogP contribution in [0.5, 0.6) is 0 Å². The quantitative estimate of drug-likeness (QED) is 0.681. The molecule has 0 bridgehead atoms. The van der Waals surface area contributed by atoms with Crippen LogP contribution in [0, 0.1) is 10.1 Å². The molecule has 1 aromatic heterocycles. The number of aliphatic hydroxyl groups excluding tert-OH is 1. The first kappa shape index (κ1) is 11.9. The van der Waals surface area contributed by atoms with Crippen LogP contribution < -0.4 is 0 Å². The maximum atomic E-state index is 12.3. The number of nitrogens with zero attached hydrogens (tertiary/aromatic N) is 2. The molecule has 8 heteroatoms. The molecule has 0 saturated carbocycles. The van der Waals surface area contributed by atoms with Gasteiger partial charge in [-0.2, -0.15) is 0 Å². The first-order valence-electron chi connectivity index (χ1n) is 3.70. The van der Waals surface area contributed by atoms with Crippen molar-refractivity contribution in [1.29, 1.82) is 0 Å². The van der Waals surface area contributed by atoms with Gasteiger partial charge in [0.25, 0.3) is 0 Å². The molecule has 0 saturated heterocycles. The van der Waals surface area contributed by atoms with Gasteiger partial charge in [0.2, 0.25) is 5.69 Å². The molecule has 0 radical (unpaired) electrons. The van der Waals surface area contributed by atoms with Crippen LogP contribution in [0.25, 0.3) is 0 Å². The fourth-order valence-electron chi connectivity index (χ4n) is 0.955. The van der Waals surface area contributed by atoms with Gasteiger partial charge in [0, 0.05) is 10.5 Å². The van der Waals surface area contributed by atoms with Crippen LogP contribution in [0.3, 0.4) is 0 Å². The predicted molar refractivity (Wildman–Crippen MR) is 49.5 cm³/mol. The molecule has 0 aliphatic rings. The summed E-state index contributed by atoms with van der Waals surface area (Å²) in [6.45, 7) is -0.645. The van der Waals surface area contributed by atoms with Gasteiger partial charge in [-0.15, -0.1) is 0 Å². The molecule has 0 atom stereocenters. The summed E-state index contributed by atoms with van der Waals surface area (Å²) < 4.78 is 24.6. The Hall–Kier alpha value is -1.15. The van der Waals surface area contributed by atoms with Crippen molar-refractivity contribution in [1.82, 2.24) is 4.98 Å². The number of aliphatic hydroxyl groups is 1. The number of aromatic nitrogens is 1. The van der Waals surface area contributed by atoms with Crippen molar-refractivity contribution in [2.24, 2.45) is 0 Å². The van der Waals surface area contributed by atoms with Crippen LogP contribution in [0.15, 0.2) is 10.5 Å². The minimum absolute atomic E-state index is 0.0435. The summed E-state index contributed by atoms with van der Waals surface area (Å²) >= 11 is 2.86. The average molecular weight is 283 g/mol. The number of nitro groups is 1. The Morgan fingerprint density at radius 3 is 2.67 bits per heavy atom. The second-order valence-electron chi connectivity index (χ2n) is 2.55. The molecule has 15 heavy (non-hydrogen) atoms. The largest absolute Gasteiger partial charge is 0.391 e. The number of pyridine rings is 1. The van der Waals surface area contributed by atoms with Crippen LogP contribution in [0.2, 0.25) is 0 Å². The highest BCUT2D eigenvalue weighted by atomic mass is 79.9. The second kappa shape index (κ2) is 4.58. The third kappa shape index (κ3) is 2.45. The highest BCUT2D eigenvalue weighted by Gasteiger charge is 2.25. The van der Waals surface area contributed by atoms with E-state index in [2.05, 4.69) is 20.9 Å². The van der Waals surface area contributed by atoms with Crippen LogP contribution in [-0.4, -0.2) is 15.0 Å². The minimum atomic E-state index is -2.90. The fourth-order valence-corrected chi connectivity index (χ4v) is 1.49. The van der Waals surface area contributed by atoms with Gasteiger partial charge >= 0.3 is 12.2 Å². The van der Waals surface area contributed by atoms with Gasteiger partial charge in [-0.3, -0.25) is 0 Å². The molecule has 1 rings (SSSR count). The Morgan fingerprint density at radius 1 is 1.67 bits per heavy atom. The van der Waals surface area contributed by atoms with Gasteiger partial charge < -0.3 is 15.2 Å². The lowest BCUT2D eigenvalue weighted by Gasteiger charge is -2.03. The molecular weight excluding hydrogens is 278 g/mol. The van der Waals surface area contributed by atoms with Crippen molar-refractivity contribution in [3.63, 3.8) is 0 Å². The van der Waals surface area contributed by atoms with E-state index in [0.717, 1.165) is 6.07 Å². The lowest BCUT2D eigenvalue weighted by Crippen LogP contribution is -2.03. The molecular formula is C7H5BrF2N2O3. The lowest BCUT2D eigenvalue weighted by molar-refractivity contribution is -0.390. The summed E-state index contributed by atoms with van der Waals surface area (Å²) in [6, 6.07) is 0.948. The van der Waals surface area contributed by atoms with Crippen LogP contribution in [-0.2, 0) is 6.61 Å². The molecule has 0 spiro atoms. The molecule has 82 valence electrons. The molecule has 5 nitrogen and oxygen atoms in total. The Labute approximate surface area is 91.0 Å². The summed E-state index contributed by atoms with van der Waals surface area (Å²) in [4.78, 5) is 12.7. The molecule has 0 aliphatic carbocycles. The van der Waals surface area contributed by atoms with Crippen molar-refractivity contribution >= 4 is 21.7 Å². The molecule has 1 N–H and O–H groups in total. The van der Waals surface area contributed by atoms with Crippen LogP contribution in [0.1, 0.15) is 17.7 Å². The van der Waals surface area contributed by atoms with Gasteiger partial charge in [-0.25, -0.2) is 8.78 Å². The second-order valence-corrected chi connectivity index (χ2v) is 3.40. The molecule has 0 aliphatic heterocycles. The summed E-state index contributed by atoms with van der Waals surface area (Å²) in [7, 11) is 0. The monoisotopic (exact) mass is 282 g/mol. The number of hydrogen-bond donors (Lipinski definition) is 1. The maximum Gasteiger partial charge on any atom is 0.370 e. The SMILES string of the molecule is O=[N+]([O-])c1nc(C(F)F)cc(Br)c1CO. The summed E-state index contributed by atoms with van der Waals surface area (Å²) in [6.07, 6.45) is -2.90. The molecule has 1 heterocycles. The summed E-state index contributed by atoms with van der Waals surface area (Å²) in [5, 5.41) is 19.3. The van der Waals surface area contributed by atoms with E-state index in [0.29, 0.717) is 0 Å². The lowest BCUT2D eigenvalue weighted by atomic mass is 10.2. The fraction of sp³-hybridized carbons (Fsp3) is 0.286. The molecule has 0 amide bonds. The first-order chi connectivity index (χ1) is 6.97. The van der Waals surface area contributed by atoms with Crippen molar-refractivity contribution in [2.75, 3.05) is 0 Å². The van der Waals surface area contributed by atoms with Gasteiger partial charge in [0.1, 0.15) is 0 Å². The van der Waals surface area contributed by atoms with Crippen molar-refractivity contribution < 1.29 is 18.8 Å². The maximum absolute atomic E-state index is 12.3. The number of rotatable bonds is 3. The molecule has 0 unspecified atom stereocenters. The topological polar surface area (TPSA) is 76.3 Å².